The lowest BCUT2D eigenvalue weighted by Crippen LogP contribution is -2.30. The fourth-order valence-corrected chi connectivity index (χ4v) is 2.66. The smallest absolute Gasteiger partial charge is 0.323 e. The summed E-state index contributed by atoms with van der Waals surface area (Å²) in [4.78, 5) is 17.9. The maximum absolute atomic E-state index is 12.2. The molecule has 0 bridgehead atoms. The van der Waals surface area contributed by atoms with E-state index in [1.54, 1.807) is 29.7 Å². The first-order chi connectivity index (χ1) is 11.1. The molecule has 0 unspecified atom stereocenters. The van der Waals surface area contributed by atoms with Crippen LogP contribution in [0, 0.1) is 6.92 Å². The molecule has 3 rings (SSSR count). The molecule has 2 aromatic heterocycles. The number of anilines is 1. The van der Waals surface area contributed by atoms with E-state index in [2.05, 4.69) is 19.8 Å². The number of urea groups is 1. The number of nitrogens with zero attached hydrogens (tertiary/aromatic N) is 5. The Morgan fingerprint density at radius 2 is 2.26 bits per heavy atom. The Morgan fingerprint density at radius 1 is 1.39 bits per heavy atom. The van der Waals surface area contributed by atoms with Gasteiger partial charge >= 0.3 is 6.03 Å². The van der Waals surface area contributed by atoms with Gasteiger partial charge in [-0.15, -0.1) is 0 Å². The van der Waals surface area contributed by atoms with Crippen molar-refractivity contribution in [1.29, 1.82) is 0 Å². The Bertz CT molecular complexity index is 798. The van der Waals surface area contributed by atoms with Crippen LogP contribution in [0.15, 0.2) is 42.7 Å². The zero-order valence-electron chi connectivity index (χ0n) is 12.8. The quantitative estimate of drug-likeness (QED) is 0.799. The summed E-state index contributed by atoms with van der Waals surface area (Å²) < 4.78 is 5.83. The van der Waals surface area contributed by atoms with E-state index in [1.807, 2.05) is 36.5 Å². The van der Waals surface area contributed by atoms with Crippen molar-refractivity contribution in [3.8, 4) is 5.69 Å². The molecule has 1 N–H and O–H groups in total. The van der Waals surface area contributed by atoms with Crippen molar-refractivity contribution in [2.75, 3.05) is 12.4 Å². The minimum absolute atomic E-state index is 0.217. The van der Waals surface area contributed by atoms with E-state index in [0.717, 1.165) is 11.3 Å². The summed E-state index contributed by atoms with van der Waals surface area (Å²) in [6.45, 7) is 2.27. The summed E-state index contributed by atoms with van der Waals surface area (Å²) in [7, 11) is 1.74. The number of aromatic nitrogens is 4. The van der Waals surface area contributed by atoms with Crippen LogP contribution in [-0.4, -0.2) is 37.1 Å². The van der Waals surface area contributed by atoms with E-state index in [0.29, 0.717) is 17.5 Å². The van der Waals surface area contributed by atoms with E-state index in [-0.39, 0.29) is 6.03 Å². The van der Waals surface area contributed by atoms with Crippen molar-refractivity contribution in [3.63, 3.8) is 0 Å². The Kier molecular flexibility index (Phi) is 4.33. The second kappa shape index (κ2) is 6.57. The standard InChI is InChI=1S/C15H16N6OS/c1-11-17-14(23-19-11)18-15(22)20(2)10-12-5-3-6-13(9-12)21-8-4-7-16-21/h3-9H,10H2,1-2H3,(H,17,18,19,22). The van der Waals surface area contributed by atoms with Crippen molar-refractivity contribution in [1.82, 2.24) is 24.0 Å². The van der Waals surface area contributed by atoms with Gasteiger partial charge in [-0.1, -0.05) is 12.1 Å². The number of rotatable bonds is 4. The van der Waals surface area contributed by atoms with Crippen LogP contribution in [0.4, 0.5) is 9.93 Å². The fraction of sp³-hybridized carbons (Fsp3) is 0.200. The molecule has 2 heterocycles. The van der Waals surface area contributed by atoms with Crippen LogP contribution in [-0.2, 0) is 6.54 Å². The van der Waals surface area contributed by atoms with Gasteiger partial charge in [0, 0.05) is 37.5 Å². The molecule has 1 aromatic carbocycles. The van der Waals surface area contributed by atoms with Crippen molar-refractivity contribution >= 4 is 22.7 Å². The molecule has 8 heteroatoms. The minimum Gasteiger partial charge on any atom is -0.323 e. The number of hydrogen-bond acceptors (Lipinski definition) is 5. The van der Waals surface area contributed by atoms with Gasteiger partial charge < -0.3 is 4.90 Å². The second-order valence-electron chi connectivity index (χ2n) is 5.05. The molecule has 0 radical (unpaired) electrons. The predicted molar refractivity (Wildman–Crippen MR) is 88.7 cm³/mol. The number of carbonyl (C=O) groups is 1. The second-order valence-corrected chi connectivity index (χ2v) is 5.81. The number of aryl methyl sites for hydroxylation is 1. The lowest BCUT2D eigenvalue weighted by molar-refractivity contribution is 0.220. The van der Waals surface area contributed by atoms with Crippen molar-refractivity contribution < 1.29 is 4.79 Å². The summed E-state index contributed by atoms with van der Waals surface area (Å²) >= 11 is 1.17. The van der Waals surface area contributed by atoms with Crippen LogP contribution >= 0.6 is 11.5 Å². The molecule has 23 heavy (non-hydrogen) atoms. The zero-order valence-corrected chi connectivity index (χ0v) is 13.6. The molecular formula is C15H16N6OS. The first kappa shape index (κ1) is 15.2. The maximum atomic E-state index is 12.2. The number of nitrogens with one attached hydrogen (secondary N) is 1. The van der Waals surface area contributed by atoms with E-state index < -0.39 is 0 Å². The minimum atomic E-state index is -0.217. The Morgan fingerprint density at radius 3 is 2.96 bits per heavy atom. The molecule has 0 saturated heterocycles. The summed E-state index contributed by atoms with van der Waals surface area (Å²) in [5.41, 5.74) is 1.98. The predicted octanol–water partition coefficient (Wildman–Crippen LogP) is 2.70. The van der Waals surface area contributed by atoms with Gasteiger partial charge in [0.05, 0.1) is 5.69 Å². The van der Waals surface area contributed by atoms with Crippen molar-refractivity contribution in [2.24, 2.45) is 0 Å². The summed E-state index contributed by atoms with van der Waals surface area (Å²) in [5, 5.41) is 7.45. The van der Waals surface area contributed by atoms with E-state index in [1.165, 1.54) is 11.5 Å². The number of hydrogen-bond donors (Lipinski definition) is 1. The first-order valence-electron chi connectivity index (χ1n) is 7.03. The molecule has 118 valence electrons. The molecule has 7 nitrogen and oxygen atoms in total. The molecule has 0 aliphatic carbocycles. The van der Waals surface area contributed by atoms with Gasteiger partial charge in [0.2, 0.25) is 5.13 Å². The van der Waals surface area contributed by atoms with E-state index in [9.17, 15) is 4.79 Å². The molecule has 0 spiro atoms. The lowest BCUT2D eigenvalue weighted by Gasteiger charge is -2.17. The maximum Gasteiger partial charge on any atom is 0.323 e. The third kappa shape index (κ3) is 3.72. The van der Waals surface area contributed by atoms with Crippen LogP contribution in [0.25, 0.3) is 5.69 Å². The van der Waals surface area contributed by atoms with Crippen LogP contribution in [0.3, 0.4) is 0 Å². The van der Waals surface area contributed by atoms with Crippen molar-refractivity contribution in [3.05, 3.63) is 54.1 Å². The van der Waals surface area contributed by atoms with Crippen LogP contribution < -0.4 is 5.32 Å². The average molecular weight is 328 g/mol. The molecule has 0 fully saturated rings. The third-order valence-corrected chi connectivity index (χ3v) is 3.91. The Hall–Kier alpha value is -2.74. The van der Waals surface area contributed by atoms with Crippen LogP contribution in [0.5, 0.6) is 0 Å². The van der Waals surface area contributed by atoms with Gasteiger partial charge in [0.15, 0.2) is 0 Å². The Balaban J connectivity index is 1.66. The third-order valence-electron chi connectivity index (χ3n) is 3.19. The fourth-order valence-electron chi connectivity index (χ4n) is 2.10. The average Bonchev–Trinajstić information content (AvgIpc) is 3.19. The van der Waals surface area contributed by atoms with Gasteiger partial charge in [0.25, 0.3) is 0 Å². The van der Waals surface area contributed by atoms with Crippen LogP contribution in [0.1, 0.15) is 11.4 Å². The molecule has 3 aromatic rings. The SMILES string of the molecule is Cc1nsc(NC(=O)N(C)Cc2cccc(-n3cccn3)c2)n1. The zero-order chi connectivity index (χ0) is 16.2. The highest BCUT2D eigenvalue weighted by Gasteiger charge is 2.12. The first-order valence-corrected chi connectivity index (χ1v) is 7.80. The summed E-state index contributed by atoms with van der Waals surface area (Å²) in [6.07, 6.45) is 3.61. The van der Waals surface area contributed by atoms with Crippen molar-refractivity contribution in [2.45, 2.75) is 13.5 Å². The Labute approximate surface area is 137 Å². The van der Waals surface area contributed by atoms with Gasteiger partial charge in [-0.3, -0.25) is 5.32 Å². The molecule has 2 amide bonds. The molecule has 0 saturated carbocycles. The van der Waals surface area contributed by atoms with Gasteiger partial charge in [0.1, 0.15) is 5.82 Å². The van der Waals surface area contributed by atoms with Gasteiger partial charge in [-0.25, -0.2) is 14.5 Å². The van der Waals surface area contributed by atoms with Gasteiger partial charge in [-0.2, -0.15) is 9.47 Å². The van der Waals surface area contributed by atoms with E-state index >= 15 is 0 Å². The molecule has 0 atom stereocenters. The largest absolute Gasteiger partial charge is 0.323 e. The summed E-state index contributed by atoms with van der Waals surface area (Å²) in [5.74, 6) is 0.653. The highest BCUT2D eigenvalue weighted by atomic mass is 32.1. The monoisotopic (exact) mass is 328 g/mol. The normalized spacial score (nSPS) is 10.5. The highest BCUT2D eigenvalue weighted by Crippen LogP contribution is 2.14. The van der Waals surface area contributed by atoms with E-state index in [4.69, 9.17) is 0 Å². The lowest BCUT2D eigenvalue weighted by atomic mass is 10.2. The highest BCUT2D eigenvalue weighted by molar-refractivity contribution is 7.09. The number of amides is 2. The number of benzene rings is 1. The summed E-state index contributed by atoms with van der Waals surface area (Å²) in [6, 6.07) is 9.56. The molecular weight excluding hydrogens is 312 g/mol. The molecule has 0 aliphatic heterocycles. The van der Waals surface area contributed by atoms with Crippen LogP contribution in [0.2, 0.25) is 0 Å². The number of carbonyl (C=O) groups excluding carboxylic acids is 1. The molecule has 0 aliphatic rings. The van der Waals surface area contributed by atoms with Gasteiger partial charge in [-0.05, 0) is 30.7 Å². The topological polar surface area (TPSA) is 75.9 Å².